The Morgan fingerprint density at radius 3 is 2.86 bits per heavy atom. The summed E-state index contributed by atoms with van der Waals surface area (Å²) >= 11 is 1.88. The summed E-state index contributed by atoms with van der Waals surface area (Å²) in [5, 5.41) is 12.7. The lowest BCUT2D eigenvalue weighted by Gasteiger charge is -2.20. The van der Waals surface area contributed by atoms with Crippen molar-refractivity contribution >= 4 is 11.8 Å². The van der Waals surface area contributed by atoms with Crippen molar-refractivity contribution in [3.63, 3.8) is 0 Å². The van der Waals surface area contributed by atoms with Gasteiger partial charge in [0.05, 0.1) is 0 Å². The van der Waals surface area contributed by atoms with Gasteiger partial charge in [0, 0.05) is 18.4 Å². The zero-order valence-electron chi connectivity index (χ0n) is 12.8. The zero-order chi connectivity index (χ0) is 15.1. The van der Waals surface area contributed by atoms with Crippen LogP contribution in [0.15, 0.2) is 18.2 Å². The van der Waals surface area contributed by atoms with E-state index in [9.17, 15) is 0 Å². The molecular formula is C16H25NO3S. The van der Waals surface area contributed by atoms with Crippen LogP contribution in [-0.2, 0) is 0 Å². The van der Waals surface area contributed by atoms with Gasteiger partial charge in [-0.3, -0.25) is 0 Å². The average molecular weight is 311 g/mol. The maximum Gasteiger partial charge on any atom is 0.231 e. The second kappa shape index (κ2) is 8.51. The van der Waals surface area contributed by atoms with Gasteiger partial charge < -0.3 is 19.9 Å². The minimum atomic E-state index is 0.254. The van der Waals surface area contributed by atoms with Crippen molar-refractivity contribution in [2.45, 2.75) is 26.3 Å². The lowest BCUT2D eigenvalue weighted by molar-refractivity contribution is 0.174. The molecule has 0 aromatic heterocycles. The number of nitrogens with one attached hydrogen (secondary N) is 1. The Kier molecular flexibility index (Phi) is 6.67. The molecule has 0 saturated heterocycles. The summed E-state index contributed by atoms with van der Waals surface area (Å²) in [7, 11) is 0. The normalized spacial score (nSPS) is 16.0. The highest BCUT2D eigenvalue weighted by atomic mass is 32.2. The van der Waals surface area contributed by atoms with Gasteiger partial charge in [0.15, 0.2) is 11.5 Å². The van der Waals surface area contributed by atoms with Crippen LogP contribution in [0, 0.1) is 5.92 Å². The number of hydrogen-bond acceptors (Lipinski definition) is 5. The Bertz CT molecular complexity index is 442. The highest BCUT2D eigenvalue weighted by molar-refractivity contribution is 7.99. The number of aliphatic hydroxyl groups excluding tert-OH is 1. The van der Waals surface area contributed by atoms with E-state index in [1.807, 2.05) is 17.8 Å². The molecule has 0 bridgehead atoms. The van der Waals surface area contributed by atoms with Crippen LogP contribution in [0.5, 0.6) is 11.5 Å². The molecule has 2 atom stereocenters. The monoisotopic (exact) mass is 311 g/mol. The minimum Gasteiger partial charge on any atom is -0.454 e. The van der Waals surface area contributed by atoms with Crippen molar-refractivity contribution in [3.05, 3.63) is 23.8 Å². The van der Waals surface area contributed by atoms with Gasteiger partial charge in [-0.1, -0.05) is 19.9 Å². The van der Waals surface area contributed by atoms with E-state index in [1.54, 1.807) is 0 Å². The molecule has 5 heteroatoms. The molecule has 2 N–H and O–H groups in total. The molecule has 1 heterocycles. The number of fused-ring (bicyclic) bond motifs is 1. The first kappa shape index (κ1) is 16.5. The third kappa shape index (κ3) is 4.80. The summed E-state index contributed by atoms with van der Waals surface area (Å²) in [4.78, 5) is 0. The lowest BCUT2D eigenvalue weighted by Crippen LogP contribution is -2.24. The third-order valence-electron chi connectivity index (χ3n) is 3.44. The first-order chi connectivity index (χ1) is 10.2. The van der Waals surface area contributed by atoms with Crippen molar-refractivity contribution < 1.29 is 14.6 Å². The fourth-order valence-corrected chi connectivity index (χ4v) is 3.35. The molecule has 2 unspecified atom stereocenters. The lowest BCUT2D eigenvalue weighted by atomic mass is 10.1. The van der Waals surface area contributed by atoms with Gasteiger partial charge in [-0.15, -0.1) is 0 Å². The van der Waals surface area contributed by atoms with Crippen molar-refractivity contribution in [1.82, 2.24) is 5.32 Å². The molecule has 1 aromatic rings. The number of benzene rings is 1. The SMILES string of the molecule is CCCNC(CSCC(C)CO)c1ccc2c(c1)OCO2. The maximum absolute atomic E-state index is 9.10. The number of hydrogen-bond donors (Lipinski definition) is 2. The largest absolute Gasteiger partial charge is 0.454 e. The van der Waals surface area contributed by atoms with Gasteiger partial charge in [0.2, 0.25) is 6.79 Å². The Labute approximate surface area is 131 Å². The van der Waals surface area contributed by atoms with Gasteiger partial charge in [-0.05, 0) is 42.3 Å². The minimum absolute atomic E-state index is 0.254. The van der Waals surface area contributed by atoms with E-state index in [-0.39, 0.29) is 6.61 Å². The van der Waals surface area contributed by atoms with Crippen molar-refractivity contribution in [2.24, 2.45) is 5.92 Å². The highest BCUT2D eigenvalue weighted by Crippen LogP contribution is 2.34. The predicted molar refractivity (Wildman–Crippen MR) is 87.2 cm³/mol. The van der Waals surface area contributed by atoms with Crippen LogP contribution in [0.2, 0.25) is 0 Å². The first-order valence-corrected chi connectivity index (χ1v) is 8.71. The van der Waals surface area contributed by atoms with E-state index in [0.29, 0.717) is 18.8 Å². The second-order valence-corrected chi connectivity index (χ2v) is 6.52. The van der Waals surface area contributed by atoms with E-state index in [1.165, 1.54) is 5.56 Å². The molecule has 118 valence electrons. The Hall–Kier alpha value is -0.910. The maximum atomic E-state index is 9.10. The standard InChI is InChI=1S/C16H25NO3S/c1-3-6-17-14(10-21-9-12(2)8-18)13-4-5-15-16(7-13)20-11-19-15/h4-5,7,12,14,17-18H,3,6,8-11H2,1-2H3. The molecule has 4 nitrogen and oxygen atoms in total. The second-order valence-electron chi connectivity index (χ2n) is 5.44. The van der Waals surface area contributed by atoms with Crippen LogP contribution in [0.1, 0.15) is 31.9 Å². The van der Waals surface area contributed by atoms with Gasteiger partial charge >= 0.3 is 0 Å². The molecule has 0 aliphatic carbocycles. The molecule has 1 aliphatic rings. The van der Waals surface area contributed by atoms with Crippen LogP contribution >= 0.6 is 11.8 Å². The summed E-state index contributed by atoms with van der Waals surface area (Å²) in [6.07, 6.45) is 1.11. The molecule has 0 saturated carbocycles. The molecule has 0 amide bonds. The van der Waals surface area contributed by atoms with Crippen LogP contribution in [-0.4, -0.2) is 36.6 Å². The third-order valence-corrected chi connectivity index (χ3v) is 4.81. The van der Waals surface area contributed by atoms with Crippen LogP contribution in [0.4, 0.5) is 0 Å². The van der Waals surface area contributed by atoms with Gasteiger partial charge in [0.1, 0.15) is 0 Å². The fourth-order valence-electron chi connectivity index (χ4n) is 2.16. The number of rotatable bonds is 9. The van der Waals surface area contributed by atoms with Crippen molar-refractivity contribution in [2.75, 3.05) is 31.5 Å². The van der Waals surface area contributed by atoms with Crippen molar-refractivity contribution in [1.29, 1.82) is 0 Å². The average Bonchev–Trinajstić information content (AvgIpc) is 2.97. The van der Waals surface area contributed by atoms with Crippen LogP contribution in [0.25, 0.3) is 0 Å². The Morgan fingerprint density at radius 1 is 1.29 bits per heavy atom. The summed E-state index contributed by atoms with van der Waals surface area (Å²) in [5.41, 5.74) is 1.23. The van der Waals surface area contributed by atoms with E-state index >= 15 is 0 Å². The van der Waals surface area contributed by atoms with Crippen LogP contribution < -0.4 is 14.8 Å². The van der Waals surface area contributed by atoms with Gasteiger partial charge in [-0.25, -0.2) is 0 Å². The zero-order valence-corrected chi connectivity index (χ0v) is 13.6. The van der Waals surface area contributed by atoms with Gasteiger partial charge in [-0.2, -0.15) is 11.8 Å². The molecule has 1 aromatic carbocycles. The summed E-state index contributed by atoms with van der Waals surface area (Å²) in [5.74, 6) is 3.98. The molecule has 1 aliphatic heterocycles. The Balaban J connectivity index is 1.97. The molecular weight excluding hydrogens is 286 g/mol. The molecule has 0 radical (unpaired) electrons. The summed E-state index contributed by atoms with van der Waals surface area (Å²) in [6, 6.07) is 6.47. The molecule has 0 spiro atoms. The predicted octanol–water partition coefficient (Wildman–Crippen LogP) is 2.82. The molecule has 21 heavy (non-hydrogen) atoms. The topological polar surface area (TPSA) is 50.7 Å². The fraction of sp³-hybridized carbons (Fsp3) is 0.625. The van der Waals surface area contributed by atoms with E-state index in [4.69, 9.17) is 14.6 Å². The van der Waals surface area contributed by atoms with E-state index in [0.717, 1.165) is 36.0 Å². The van der Waals surface area contributed by atoms with E-state index in [2.05, 4.69) is 31.3 Å². The Morgan fingerprint density at radius 2 is 2.10 bits per heavy atom. The van der Waals surface area contributed by atoms with Crippen molar-refractivity contribution in [3.8, 4) is 11.5 Å². The number of thioether (sulfide) groups is 1. The number of ether oxygens (including phenoxy) is 2. The highest BCUT2D eigenvalue weighted by Gasteiger charge is 2.18. The van der Waals surface area contributed by atoms with Crippen LogP contribution in [0.3, 0.4) is 0 Å². The number of aliphatic hydroxyl groups is 1. The smallest absolute Gasteiger partial charge is 0.231 e. The molecule has 2 rings (SSSR count). The molecule has 0 fully saturated rings. The summed E-state index contributed by atoms with van der Waals surface area (Å²) in [6.45, 7) is 5.81. The van der Waals surface area contributed by atoms with E-state index < -0.39 is 0 Å². The van der Waals surface area contributed by atoms with Gasteiger partial charge in [0.25, 0.3) is 0 Å². The first-order valence-electron chi connectivity index (χ1n) is 7.56. The quantitative estimate of drug-likeness (QED) is 0.734. The summed E-state index contributed by atoms with van der Waals surface area (Å²) < 4.78 is 10.8.